The highest BCUT2D eigenvalue weighted by atomic mass is 16.6. The van der Waals surface area contributed by atoms with Crippen LogP contribution < -0.4 is 0 Å². The molecule has 0 aliphatic rings. The number of carbonyl (C=O) groups excluding carboxylic acids is 3. The second-order valence-corrected chi connectivity index (χ2v) is 19.2. The fourth-order valence-corrected chi connectivity index (χ4v) is 8.11. The van der Waals surface area contributed by atoms with E-state index in [1.807, 2.05) is 0 Å². The van der Waals surface area contributed by atoms with Crippen LogP contribution in [0.2, 0.25) is 0 Å². The van der Waals surface area contributed by atoms with Crippen LogP contribution in [0.15, 0.2) is 72.9 Å². The van der Waals surface area contributed by atoms with Crippen LogP contribution in [0.25, 0.3) is 0 Å². The van der Waals surface area contributed by atoms with Crippen molar-refractivity contribution in [3.63, 3.8) is 0 Å². The summed E-state index contributed by atoms with van der Waals surface area (Å²) in [6, 6.07) is 0. The molecule has 0 aromatic carbocycles. The second-order valence-electron chi connectivity index (χ2n) is 19.2. The normalized spacial score (nSPS) is 12.6. The maximum absolute atomic E-state index is 12.7. The minimum atomic E-state index is -0.773. The third-order valence-corrected chi connectivity index (χ3v) is 12.4. The van der Waals surface area contributed by atoms with Crippen LogP contribution in [0, 0.1) is 0 Å². The van der Waals surface area contributed by atoms with E-state index in [1.54, 1.807) is 0 Å². The van der Waals surface area contributed by atoms with Crippen molar-refractivity contribution in [2.45, 2.75) is 290 Å². The van der Waals surface area contributed by atoms with Crippen molar-refractivity contribution in [1.29, 1.82) is 0 Å². The van der Waals surface area contributed by atoms with E-state index in [9.17, 15) is 14.4 Å². The van der Waals surface area contributed by atoms with Crippen molar-refractivity contribution in [3.05, 3.63) is 72.9 Å². The van der Waals surface area contributed by atoms with Crippen LogP contribution >= 0.6 is 0 Å². The molecule has 392 valence electrons. The molecule has 0 aliphatic carbocycles. The van der Waals surface area contributed by atoms with Gasteiger partial charge in [0.1, 0.15) is 13.2 Å². The molecular formula is C62H108O6. The summed E-state index contributed by atoms with van der Waals surface area (Å²) in [5, 5.41) is 0. The third-order valence-electron chi connectivity index (χ3n) is 12.4. The molecule has 0 aromatic rings. The zero-order chi connectivity index (χ0) is 49.3. The van der Waals surface area contributed by atoms with Crippen LogP contribution in [0.4, 0.5) is 0 Å². The van der Waals surface area contributed by atoms with Gasteiger partial charge in [0.05, 0.1) is 0 Å². The zero-order valence-corrected chi connectivity index (χ0v) is 44.9. The number of ether oxygens (including phenoxy) is 3. The van der Waals surface area contributed by atoms with Gasteiger partial charge in [-0.1, -0.05) is 248 Å². The van der Waals surface area contributed by atoms with Crippen molar-refractivity contribution < 1.29 is 28.6 Å². The molecule has 0 heterocycles. The first-order valence-electron chi connectivity index (χ1n) is 28.9. The predicted molar refractivity (Wildman–Crippen MR) is 293 cm³/mol. The average Bonchev–Trinajstić information content (AvgIpc) is 3.34. The zero-order valence-electron chi connectivity index (χ0n) is 44.9. The smallest absolute Gasteiger partial charge is 0.306 e. The monoisotopic (exact) mass is 949 g/mol. The molecule has 1 atom stereocenters. The summed E-state index contributed by atoms with van der Waals surface area (Å²) in [6.07, 6.45) is 72.3. The molecule has 0 radical (unpaired) electrons. The van der Waals surface area contributed by atoms with Gasteiger partial charge >= 0.3 is 17.9 Å². The number of hydrogen-bond acceptors (Lipinski definition) is 6. The summed E-state index contributed by atoms with van der Waals surface area (Å²) < 4.78 is 16.7. The van der Waals surface area contributed by atoms with Gasteiger partial charge in [0.25, 0.3) is 0 Å². The summed E-state index contributed by atoms with van der Waals surface area (Å²) in [6.45, 7) is 6.46. The largest absolute Gasteiger partial charge is 0.462 e. The maximum atomic E-state index is 12.7. The molecule has 0 saturated heterocycles. The Balaban J connectivity index is 4.00. The van der Waals surface area contributed by atoms with Gasteiger partial charge in [-0.15, -0.1) is 0 Å². The first kappa shape index (κ1) is 64.8. The molecule has 0 saturated carbocycles. The van der Waals surface area contributed by atoms with Gasteiger partial charge in [-0.2, -0.15) is 0 Å². The molecule has 1 unspecified atom stereocenters. The molecule has 0 amide bonds. The third kappa shape index (κ3) is 53.8. The summed E-state index contributed by atoms with van der Waals surface area (Å²) in [5.74, 6) is -0.888. The van der Waals surface area contributed by atoms with Gasteiger partial charge < -0.3 is 14.2 Å². The Labute approximate surface area is 421 Å². The van der Waals surface area contributed by atoms with E-state index in [2.05, 4.69) is 93.7 Å². The van der Waals surface area contributed by atoms with Crippen molar-refractivity contribution in [1.82, 2.24) is 0 Å². The van der Waals surface area contributed by atoms with E-state index in [1.165, 1.54) is 141 Å². The van der Waals surface area contributed by atoms with Crippen LogP contribution in [-0.2, 0) is 28.6 Å². The molecular weight excluding hydrogens is 841 g/mol. The van der Waals surface area contributed by atoms with Crippen LogP contribution in [0.3, 0.4) is 0 Å². The number of allylic oxidation sites excluding steroid dienone is 12. The molecule has 0 aliphatic heterocycles. The Morgan fingerprint density at radius 1 is 0.309 bits per heavy atom. The molecule has 0 rings (SSSR count). The molecule has 0 N–H and O–H groups in total. The molecule has 6 heteroatoms. The van der Waals surface area contributed by atoms with E-state index in [-0.39, 0.29) is 31.1 Å². The molecule has 0 spiro atoms. The van der Waals surface area contributed by atoms with Gasteiger partial charge in [-0.3, -0.25) is 14.4 Å². The fourth-order valence-electron chi connectivity index (χ4n) is 8.11. The van der Waals surface area contributed by atoms with E-state index in [0.29, 0.717) is 19.3 Å². The first-order chi connectivity index (χ1) is 33.5. The minimum absolute atomic E-state index is 0.0760. The van der Waals surface area contributed by atoms with Crippen molar-refractivity contribution in [3.8, 4) is 0 Å². The van der Waals surface area contributed by atoms with E-state index < -0.39 is 6.10 Å². The van der Waals surface area contributed by atoms with Crippen molar-refractivity contribution >= 4 is 17.9 Å². The summed E-state index contributed by atoms with van der Waals surface area (Å²) in [4.78, 5) is 37.8. The number of rotatable bonds is 52. The topological polar surface area (TPSA) is 78.9 Å². The summed E-state index contributed by atoms with van der Waals surface area (Å²) >= 11 is 0. The predicted octanol–water partition coefficient (Wildman–Crippen LogP) is 19.4. The van der Waals surface area contributed by atoms with Crippen molar-refractivity contribution in [2.24, 2.45) is 0 Å². The van der Waals surface area contributed by atoms with E-state index >= 15 is 0 Å². The van der Waals surface area contributed by atoms with Gasteiger partial charge in [0, 0.05) is 19.3 Å². The second kappa shape index (κ2) is 56.4. The molecule has 0 aromatic heterocycles. The lowest BCUT2D eigenvalue weighted by atomic mass is 10.0. The Bertz CT molecular complexity index is 1270. The highest BCUT2D eigenvalue weighted by Gasteiger charge is 2.19. The quantitative estimate of drug-likeness (QED) is 0.0262. The standard InChI is InChI=1S/C62H108O6/c1-4-7-10-13-16-18-20-22-23-24-25-26-27-28-29-30-31-32-33-34-35-36-37-38-39-41-42-44-46-49-52-55-61(64)67-58-59(57-66-60(63)54-51-48-15-12-9-6-3)68-62(65)56-53-50-47-45-43-40-21-19-17-14-11-8-5-2/h7,10,16,18-19,21-23,25-26,28-29,59H,4-6,8-9,11-15,17,20,24,27,30-58H2,1-3H3/b10-7-,18-16-,21-19-,23-22-,26-25-,29-28-. The first-order valence-corrected chi connectivity index (χ1v) is 28.9. The summed E-state index contributed by atoms with van der Waals surface area (Å²) in [5.41, 5.74) is 0. The molecule has 6 nitrogen and oxygen atoms in total. The Morgan fingerprint density at radius 3 is 0.926 bits per heavy atom. The van der Waals surface area contributed by atoms with Crippen LogP contribution in [-0.4, -0.2) is 37.2 Å². The lowest BCUT2D eigenvalue weighted by Gasteiger charge is -2.18. The lowest BCUT2D eigenvalue weighted by Crippen LogP contribution is -2.30. The average molecular weight is 950 g/mol. The maximum Gasteiger partial charge on any atom is 0.306 e. The molecule has 0 bridgehead atoms. The molecule has 0 fully saturated rings. The number of carbonyl (C=O) groups is 3. The molecule has 68 heavy (non-hydrogen) atoms. The Kier molecular flexibility index (Phi) is 53.8. The highest BCUT2D eigenvalue weighted by molar-refractivity contribution is 5.71. The van der Waals surface area contributed by atoms with E-state index in [0.717, 1.165) is 103 Å². The number of esters is 3. The van der Waals surface area contributed by atoms with Gasteiger partial charge in [-0.05, 0) is 89.9 Å². The SMILES string of the molecule is CC/C=C\C/C=C\C/C=C\C/C=C\C/C=C\CCCCCCCCCCCCCCCCCC(=O)OCC(COC(=O)CCCCCCCC)OC(=O)CCCCCCC/C=C\CCCCCC. The number of unbranched alkanes of at least 4 members (excludes halogenated alkanes) is 29. The lowest BCUT2D eigenvalue weighted by molar-refractivity contribution is -0.167. The Hall–Kier alpha value is -3.15. The summed E-state index contributed by atoms with van der Waals surface area (Å²) in [7, 11) is 0. The van der Waals surface area contributed by atoms with Crippen LogP contribution in [0.5, 0.6) is 0 Å². The van der Waals surface area contributed by atoms with Gasteiger partial charge in [0.2, 0.25) is 0 Å². The van der Waals surface area contributed by atoms with E-state index in [4.69, 9.17) is 14.2 Å². The van der Waals surface area contributed by atoms with Gasteiger partial charge in [-0.25, -0.2) is 0 Å². The number of hydrogen-bond donors (Lipinski definition) is 0. The fraction of sp³-hybridized carbons (Fsp3) is 0.758. The van der Waals surface area contributed by atoms with Gasteiger partial charge in [0.15, 0.2) is 6.10 Å². The minimum Gasteiger partial charge on any atom is -0.462 e. The highest BCUT2D eigenvalue weighted by Crippen LogP contribution is 2.16. The van der Waals surface area contributed by atoms with Crippen LogP contribution in [0.1, 0.15) is 284 Å². The Morgan fingerprint density at radius 2 is 0.574 bits per heavy atom. The van der Waals surface area contributed by atoms with Crippen molar-refractivity contribution in [2.75, 3.05) is 13.2 Å².